The lowest BCUT2D eigenvalue weighted by molar-refractivity contribution is 0.536. The van der Waals surface area contributed by atoms with Crippen LogP contribution in [0.25, 0.3) is 10.9 Å². The van der Waals surface area contributed by atoms with Crippen LogP contribution in [0.2, 0.25) is 0 Å². The molecule has 1 saturated carbocycles. The van der Waals surface area contributed by atoms with E-state index in [9.17, 15) is 0 Å². The third kappa shape index (κ3) is 2.06. The lowest BCUT2D eigenvalue weighted by Crippen LogP contribution is -2.02. The second-order valence-corrected chi connectivity index (χ2v) is 5.69. The predicted molar refractivity (Wildman–Crippen MR) is 71.4 cm³/mol. The Morgan fingerprint density at radius 3 is 2.94 bits per heavy atom. The van der Waals surface area contributed by atoms with E-state index in [1.165, 1.54) is 23.0 Å². The first-order chi connectivity index (χ1) is 8.24. The highest BCUT2D eigenvalue weighted by Gasteiger charge is 2.24. The Hall–Kier alpha value is -1.02. The van der Waals surface area contributed by atoms with Gasteiger partial charge in [0.25, 0.3) is 0 Å². The molecule has 2 atom stereocenters. The van der Waals surface area contributed by atoms with Gasteiger partial charge in [-0.1, -0.05) is 18.2 Å². The predicted octanol–water partition coefficient (Wildman–Crippen LogP) is 3.52. The number of aryl methyl sites for hydroxylation is 1. The number of benzene rings is 1. The summed E-state index contributed by atoms with van der Waals surface area (Å²) in [6.45, 7) is 0. The fraction of sp³-hybridized carbons (Fsp3) is 0.500. The molecule has 0 aliphatic heterocycles. The van der Waals surface area contributed by atoms with Crippen LogP contribution >= 0.6 is 11.6 Å². The topological polar surface area (TPSA) is 17.8 Å². The Bertz CT molecular complexity index is 532. The lowest BCUT2D eigenvalue weighted by Gasteiger charge is -2.06. The molecule has 2 nitrogen and oxygen atoms in total. The van der Waals surface area contributed by atoms with Crippen LogP contribution < -0.4 is 0 Å². The quantitative estimate of drug-likeness (QED) is 0.744. The molecule has 0 radical (unpaired) electrons. The molecule has 90 valence electrons. The fourth-order valence-electron chi connectivity index (χ4n) is 2.91. The highest BCUT2D eigenvalue weighted by Crippen LogP contribution is 2.33. The van der Waals surface area contributed by atoms with Gasteiger partial charge in [0.05, 0.1) is 11.2 Å². The summed E-state index contributed by atoms with van der Waals surface area (Å²) in [6, 6.07) is 8.46. The van der Waals surface area contributed by atoms with Crippen molar-refractivity contribution in [2.24, 2.45) is 13.0 Å². The molecule has 2 unspecified atom stereocenters. The molecule has 0 N–H and O–H groups in total. The Balaban J connectivity index is 1.90. The van der Waals surface area contributed by atoms with Crippen molar-refractivity contribution in [3.63, 3.8) is 0 Å². The number of aromatic nitrogens is 2. The number of halogens is 1. The van der Waals surface area contributed by atoms with Gasteiger partial charge < -0.3 is 0 Å². The average Bonchev–Trinajstić information content (AvgIpc) is 2.86. The molecule has 1 aliphatic carbocycles. The molecule has 1 aliphatic rings. The van der Waals surface area contributed by atoms with Gasteiger partial charge in [0.15, 0.2) is 0 Å². The van der Waals surface area contributed by atoms with Crippen LogP contribution in [0.4, 0.5) is 0 Å². The first-order valence-electron chi connectivity index (χ1n) is 6.28. The van der Waals surface area contributed by atoms with Gasteiger partial charge in [0.2, 0.25) is 0 Å². The van der Waals surface area contributed by atoms with Crippen molar-refractivity contribution in [3.8, 4) is 0 Å². The number of alkyl halides is 1. The van der Waals surface area contributed by atoms with E-state index in [1.54, 1.807) is 0 Å². The van der Waals surface area contributed by atoms with Crippen LogP contribution in [0.5, 0.6) is 0 Å². The lowest BCUT2D eigenvalue weighted by atomic mass is 10.00. The smallest absolute Gasteiger partial charge is 0.0706 e. The van der Waals surface area contributed by atoms with Crippen molar-refractivity contribution >= 4 is 22.5 Å². The van der Waals surface area contributed by atoms with Gasteiger partial charge in [0.1, 0.15) is 0 Å². The Labute approximate surface area is 107 Å². The molecular weight excluding hydrogens is 232 g/mol. The van der Waals surface area contributed by atoms with Crippen molar-refractivity contribution in [1.82, 2.24) is 9.78 Å². The Morgan fingerprint density at radius 2 is 2.18 bits per heavy atom. The number of hydrogen-bond acceptors (Lipinski definition) is 1. The number of rotatable bonds is 2. The summed E-state index contributed by atoms with van der Waals surface area (Å²) in [5, 5.41) is 6.34. The zero-order valence-corrected chi connectivity index (χ0v) is 10.8. The summed E-state index contributed by atoms with van der Waals surface area (Å²) in [6.07, 6.45) is 4.63. The van der Waals surface area contributed by atoms with E-state index in [0.29, 0.717) is 5.38 Å². The largest absolute Gasteiger partial charge is 0.268 e. The SMILES string of the molecule is Cn1nc(CC2CCC(Cl)C2)c2ccccc21. The van der Waals surface area contributed by atoms with E-state index in [0.717, 1.165) is 25.2 Å². The fourth-order valence-corrected chi connectivity index (χ4v) is 3.29. The zero-order valence-electron chi connectivity index (χ0n) is 10.1. The molecule has 0 amide bonds. The molecular formula is C14H17ClN2. The van der Waals surface area contributed by atoms with E-state index < -0.39 is 0 Å². The van der Waals surface area contributed by atoms with Crippen LogP contribution in [0.1, 0.15) is 25.0 Å². The van der Waals surface area contributed by atoms with E-state index in [1.807, 2.05) is 11.7 Å². The average molecular weight is 249 g/mol. The van der Waals surface area contributed by atoms with Crippen LogP contribution in [0.3, 0.4) is 0 Å². The maximum Gasteiger partial charge on any atom is 0.0706 e. The van der Waals surface area contributed by atoms with Gasteiger partial charge in [-0.15, -0.1) is 11.6 Å². The van der Waals surface area contributed by atoms with E-state index in [2.05, 4.69) is 29.4 Å². The number of hydrogen-bond donors (Lipinski definition) is 0. The molecule has 0 spiro atoms. The van der Waals surface area contributed by atoms with Gasteiger partial charge in [-0.3, -0.25) is 4.68 Å². The number of nitrogens with zero attached hydrogens (tertiary/aromatic N) is 2. The molecule has 3 heteroatoms. The van der Waals surface area contributed by atoms with E-state index in [4.69, 9.17) is 11.6 Å². The third-order valence-electron chi connectivity index (χ3n) is 3.79. The zero-order chi connectivity index (χ0) is 11.8. The van der Waals surface area contributed by atoms with Crippen LogP contribution in [0, 0.1) is 5.92 Å². The van der Waals surface area contributed by atoms with Gasteiger partial charge in [0, 0.05) is 17.8 Å². The molecule has 1 fully saturated rings. The molecule has 1 aromatic heterocycles. The first kappa shape index (κ1) is 11.1. The minimum atomic E-state index is 0.384. The molecule has 0 bridgehead atoms. The normalized spacial score (nSPS) is 24.6. The summed E-state index contributed by atoms with van der Waals surface area (Å²) in [4.78, 5) is 0. The van der Waals surface area contributed by atoms with Crippen molar-refractivity contribution in [3.05, 3.63) is 30.0 Å². The summed E-state index contributed by atoms with van der Waals surface area (Å²) in [5.41, 5.74) is 2.46. The molecule has 3 rings (SSSR count). The van der Waals surface area contributed by atoms with Gasteiger partial charge in [-0.05, 0) is 37.7 Å². The summed E-state index contributed by atoms with van der Waals surface area (Å²) in [7, 11) is 2.02. The molecule has 2 aromatic rings. The highest BCUT2D eigenvalue weighted by molar-refractivity contribution is 6.20. The van der Waals surface area contributed by atoms with Gasteiger partial charge in [-0.2, -0.15) is 5.10 Å². The Morgan fingerprint density at radius 1 is 1.35 bits per heavy atom. The summed E-state index contributed by atoms with van der Waals surface area (Å²) < 4.78 is 1.98. The second kappa shape index (κ2) is 4.34. The minimum absolute atomic E-state index is 0.384. The van der Waals surface area contributed by atoms with Crippen LogP contribution in [0.15, 0.2) is 24.3 Å². The van der Waals surface area contributed by atoms with Gasteiger partial charge in [-0.25, -0.2) is 0 Å². The van der Waals surface area contributed by atoms with E-state index >= 15 is 0 Å². The monoisotopic (exact) mass is 248 g/mol. The van der Waals surface area contributed by atoms with E-state index in [-0.39, 0.29) is 0 Å². The second-order valence-electron chi connectivity index (χ2n) is 5.07. The standard InChI is InChI=1S/C14H17ClN2/c1-17-14-5-3-2-4-12(14)13(16-17)9-10-6-7-11(15)8-10/h2-5,10-11H,6-9H2,1H3. The maximum absolute atomic E-state index is 6.17. The van der Waals surface area contributed by atoms with Crippen molar-refractivity contribution in [1.29, 1.82) is 0 Å². The van der Waals surface area contributed by atoms with Crippen LogP contribution in [-0.2, 0) is 13.5 Å². The highest BCUT2D eigenvalue weighted by atomic mass is 35.5. The minimum Gasteiger partial charge on any atom is -0.268 e. The van der Waals surface area contributed by atoms with Crippen LogP contribution in [-0.4, -0.2) is 15.2 Å². The molecule has 0 saturated heterocycles. The molecule has 17 heavy (non-hydrogen) atoms. The number of fused-ring (bicyclic) bond motifs is 1. The maximum atomic E-state index is 6.17. The number of para-hydroxylation sites is 1. The molecule has 1 heterocycles. The Kier molecular flexibility index (Phi) is 2.83. The van der Waals surface area contributed by atoms with Crippen molar-refractivity contribution in [2.75, 3.05) is 0 Å². The first-order valence-corrected chi connectivity index (χ1v) is 6.72. The summed E-state index contributed by atoms with van der Waals surface area (Å²) >= 11 is 6.17. The van der Waals surface area contributed by atoms with Crippen molar-refractivity contribution < 1.29 is 0 Å². The summed E-state index contributed by atoms with van der Waals surface area (Å²) in [5.74, 6) is 0.718. The van der Waals surface area contributed by atoms with Crippen molar-refractivity contribution in [2.45, 2.75) is 31.1 Å². The third-order valence-corrected chi connectivity index (χ3v) is 4.19. The molecule has 1 aromatic carbocycles. The van der Waals surface area contributed by atoms with Gasteiger partial charge >= 0.3 is 0 Å².